The Morgan fingerprint density at radius 3 is 2.90 bits per heavy atom. The number of nitrogens with zero attached hydrogens (tertiary/aromatic N) is 2. The molecule has 1 aromatic heterocycles. The number of aromatic nitrogens is 3. The highest BCUT2D eigenvalue weighted by Crippen LogP contribution is 2.18. The molecule has 0 bridgehead atoms. The average molecular weight is 297 g/mol. The van der Waals surface area contributed by atoms with Crippen molar-refractivity contribution in [3.8, 4) is 5.75 Å². The van der Waals surface area contributed by atoms with E-state index in [-0.39, 0.29) is 18.4 Å². The highest BCUT2D eigenvalue weighted by atomic mass is 32.1. The maximum Gasteiger partial charge on any atom is 0.195 e. The van der Waals surface area contributed by atoms with E-state index in [1.807, 2.05) is 6.92 Å². The number of para-hydroxylation sites is 1. The second kappa shape index (κ2) is 6.62. The number of hydrogen-bond acceptors (Lipinski definition) is 4. The van der Waals surface area contributed by atoms with E-state index in [1.54, 1.807) is 29.9 Å². The molecule has 0 radical (unpaired) electrons. The van der Waals surface area contributed by atoms with Gasteiger partial charge in [-0.15, -0.1) is 0 Å². The molecule has 7 heteroatoms. The molecule has 0 saturated carbocycles. The molecular weight excluding hydrogens is 281 g/mol. The quantitative estimate of drug-likeness (QED) is 0.833. The van der Waals surface area contributed by atoms with E-state index in [2.05, 4.69) is 10.2 Å². The number of ether oxygens (including phenoxy) is 2. The fourth-order valence-corrected chi connectivity index (χ4v) is 2.24. The van der Waals surface area contributed by atoms with Crippen LogP contribution in [-0.2, 0) is 11.3 Å². The van der Waals surface area contributed by atoms with Crippen LogP contribution in [0.3, 0.4) is 0 Å². The smallest absolute Gasteiger partial charge is 0.195 e. The van der Waals surface area contributed by atoms with Crippen LogP contribution in [0.1, 0.15) is 18.8 Å². The zero-order chi connectivity index (χ0) is 14.5. The van der Waals surface area contributed by atoms with Crippen molar-refractivity contribution >= 4 is 12.2 Å². The Hall–Kier alpha value is -1.73. The van der Waals surface area contributed by atoms with Gasteiger partial charge in [0.15, 0.2) is 22.2 Å². The fraction of sp³-hybridized carbons (Fsp3) is 0.385. The molecule has 1 atom stereocenters. The lowest BCUT2D eigenvalue weighted by Crippen LogP contribution is -2.16. The first-order chi connectivity index (χ1) is 9.63. The van der Waals surface area contributed by atoms with Crippen molar-refractivity contribution in [2.24, 2.45) is 0 Å². The molecule has 1 aromatic carbocycles. The van der Waals surface area contributed by atoms with Gasteiger partial charge in [0.05, 0.1) is 12.6 Å². The maximum atomic E-state index is 13.5. The monoisotopic (exact) mass is 297 g/mol. The van der Waals surface area contributed by atoms with E-state index >= 15 is 0 Å². The second-order valence-electron chi connectivity index (χ2n) is 4.34. The molecule has 2 rings (SSSR count). The van der Waals surface area contributed by atoms with Crippen LogP contribution in [0, 0.1) is 10.6 Å². The number of aromatic amines is 1. The third-order valence-electron chi connectivity index (χ3n) is 2.82. The van der Waals surface area contributed by atoms with Crippen molar-refractivity contribution in [2.45, 2.75) is 19.6 Å². The zero-order valence-corrected chi connectivity index (χ0v) is 12.1. The van der Waals surface area contributed by atoms with Gasteiger partial charge in [0.2, 0.25) is 0 Å². The minimum absolute atomic E-state index is 0.0190. The zero-order valence-electron chi connectivity index (χ0n) is 11.3. The summed E-state index contributed by atoms with van der Waals surface area (Å²) in [4.78, 5) is 0. The SMILES string of the molecule is COCC(C)n1c(COc2ccccc2F)n[nH]c1=S. The lowest BCUT2D eigenvalue weighted by atomic mass is 10.3. The summed E-state index contributed by atoms with van der Waals surface area (Å²) in [6.07, 6.45) is 0. The van der Waals surface area contributed by atoms with Crippen LogP contribution >= 0.6 is 12.2 Å². The number of halogens is 1. The van der Waals surface area contributed by atoms with E-state index in [9.17, 15) is 4.39 Å². The minimum atomic E-state index is -0.405. The molecule has 0 spiro atoms. The van der Waals surface area contributed by atoms with Gasteiger partial charge in [-0.3, -0.25) is 9.67 Å². The molecule has 108 valence electrons. The Labute approximate surface area is 121 Å². The summed E-state index contributed by atoms with van der Waals surface area (Å²) in [6, 6.07) is 6.26. The summed E-state index contributed by atoms with van der Waals surface area (Å²) >= 11 is 5.18. The highest BCUT2D eigenvalue weighted by Gasteiger charge is 2.14. The van der Waals surface area contributed by atoms with Crippen molar-refractivity contribution in [1.29, 1.82) is 0 Å². The summed E-state index contributed by atoms with van der Waals surface area (Å²) in [6.45, 7) is 2.59. The van der Waals surface area contributed by atoms with E-state index in [0.29, 0.717) is 17.2 Å². The number of nitrogens with one attached hydrogen (secondary N) is 1. The Kier molecular flexibility index (Phi) is 4.86. The molecule has 5 nitrogen and oxygen atoms in total. The van der Waals surface area contributed by atoms with Crippen molar-refractivity contribution in [1.82, 2.24) is 14.8 Å². The maximum absolute atomic E-state index is 13.5. The van der Waals surface area contributed by atoms with Crippen LogP contribution in [-0.4, -0.2) is 28.5 Å². The van der Waals surface area contributed by atoms with E-state index in [1.165, 1.54) is 6.07 Å². The van der Waals surface area contributed by atoms with Gasteiger partial charge in [0.1, 0.15) is 6.61 Å². The lowest BCUT2D eigenvalue weighted by Gasteiger charge is -2.15. The first kappa shape index (κ1) is 14.7. The van der Waals surface area contributed by atoms with E-state index in [4.69, 9.17) is 21.7 Å². The predicted molar refractivity (Wildman–Crippen MR) is 74.7 cm³/mol. The van der Waals surface area contributed by atoms with Gasteiger partial charge in [0.25, 0.3) is 0 Å². The number of H-pyrrole nitrogens is 1. The van der Waals surface area contributed by atoms with Crippen LogP contribution in [0.25, 0.3) is 0 Å². The summed E-state index contributed by atoms with van der Waals surface area (Å²) in [5.74, 6) is 0.383. The number of methoxy groups -OCH3 is 1. The van der Waals surface area contributed by atoms with Gasteiger partial charge in [-0.25, -0.2) is 4.39 Å². The van der Waals surface area contributed by atoms with Crippen LogP contribution in [0.4, 0.5) is 4.39 Å². The Balaban J connectivity index is 2.14. The van der Waals surface area contributed by atoms with Gasteiger partial charge in [-0.05, 0) is 31.3 Å². The predicted octanol–water partition coefficient (Wildman–Crippen LogP) is 2.87. The standard InChI is InChI=1S/C13H16FN3O2S/c1-9(7-18-2)17-12(15-16-13(17)20)8-19-11-6-4-3-5-10(11)14/h3-6,9H,7-8H2,1-2H3,(H,16,20). The molecule has 2 aromatic rings. The second-order valence-corrected chi connectivity index (χ2v) is 4.73. The van der Waals surface area contributed by atoms with Crippen molar-refractivity contribution in [2.75, 3.05) is 13.7 Å². The van der Waals surface area contributed by atoms with Crippen molar-refractivity contribution in [3.05, 3.63) is 40.7 Å². The molecule has 1 unspecified atom stereocenters. The summed E-state index contributed by atoms with van der Waals surface area (Å²) in [5, 5.41) is 6.82. The van der Waals surface area contributed by atoms with Gasteiger partial charge in [0, 0.05) is 7.11 Å². The highest BCUT2D eigenvalue weighted by molar-refractivity contribution is 7.71. The fourth-order valence-electron chi connectivity index (χ4n) is 1.91. The lowest BCUT2D eigenvalue weighted by molar-refractivity contribution is 0.157. The number of hydrogen-bond donors (Lipinski definition) is 1. The molecule has 1 N–H and O–H groups in total. The van der Waals surface area contributed by atoms with E-state index in [0.717, 1.165) is 0 Å². The first-order valence-corrected chi connectivity index (χ1v) is 6.56. The number of rotatable bonds is 6. The molecular formula is C13H16FN3O2S. The van der Waals surface area contributed by atoms with Crippen LogP contribution in [0.5, 0.6) is 5.75 Å². The number of benzene rings is 1. The van der Waals surface area contributed by atoms with Crippen molar-refractivity contribution < 1.29 is 13.9 Å². The Morgan fingerprint density at radius 2 is 2.20 bits per heavy atom. The minimum Gasteiger partial charge on any atom is -0.483 e. The molecule has 20 heavy (non-hydrogen) atoms. The Bertz CT molecular complexity index is 626. The van der Waals surface area contributed by atoms with E-state index < -0.39 is 5.82 Å². The van der Waals surface area contributed by atoms with Gasteiger partial charge >= 0.3 is 0 Å². The molecule has 0 aliphatic heterocycles. The third-order valence-corrected chi connectivity index (χ3v) is 3.11. The van der Waals surface area contributed by atoms with Crippen LogP contribution in [0.2, 0.25) is 0 Å². The average Bonchev–Trinajstić information content (AvgIpc) is 2.79. The summed E-state index contributed by atoms with van der Waals surface area (Å²) in [5.41, 5.74) is 0. The van der Waals surface area contributed by atoms with Gasteiger partial charge in [-0.2, -0.15) is 5.10 Å². The third kappa shape index (κ3) is 3.23. The molecule has 0 aliphatic carbocycles. The van der Waals surface area contributed by atoms with Gasteiger partial charge in [-0.1, -0.05) is 12.1 Å². The first-order valence-electron chi connectivity index (χ1n) is 6.15. The summed E-state index contributed by atoms with van der Waals surface area (Å²) < 4.78 is 26.3. The molecule has 0 fully saturated rings. The topological polar surface area (TPSA) is 52.1 Å². The molecule has 0 aliphatic rings. The molecule has 0 amide bonds. The summed E-state index contributed by atoms with van der Waals surface area (Å²) in [7, 11) is 1.62. The van der Waals surface area contributed by atoms with Gasteiger partial charge < -0.3 is 9.47 Å². The Morgan fingerprint density at radius 1 is 1.45 bits per heavy atom. The molecule has 1 heterocycles. The normalized spacial score (nSPS) is 12.3. The van der Waals surface area contributed by atoms with Crippen molar-refractivity contribution in [3.63, 3.8) is 0 Å². The van der Waals surface area contributed by atoms with Crippen LogP contribution < -0.4 is 4.74 Å². The largest absolute Gasteiger partial charge is 0.483 e. The molecule has 0 saturated heterocycles. The van der Waals surface area contributed by atoms with Crippen LogP contribution in [0.15, 0.2) is 24.3 Å².